The zero-order chi connectivity index (χ0) is 14.9. The molecule has 2 aromatic rings. The maximum Gasteiger partial charge on any atom is 0.338 e. The van der Waals surface area contributed by atoms with Crippen LogP contribution in [0, 0.1) is 0 Å². The highest BCUT2D eigenvalue weighted by molar-refractivity contribution is 5.89. The minimum Gasteiger partial charge on any atom is -0.491 e. The van der Waals surface area contributed by atoms with Gasteiger partial charge < -0.3 is 14.6 Å². The van der Waals surface area contributed by atoms with Crippen LogP contribution in [0.4, 0.5) is 0 Å². The van der Waals surface area contributed by atoms with Crippen molar-refractivity contribution >= 4 is 5.97 Å². The van der Waals surface area contributed by atoms with Crippen LogP contribution >= 0.6 is 0 Å². The van der Waals surface area contributed by atoms with Gasteiger partial charge in [-0.3, -0.25) is 0 Å². The molecule has 4 nitrogen and oxygen atoms in total. The first-order valence-corrected chi connectivity index (χ1v) is 6.84. The van der Waals surface area contributed by atoms with Gasteiger partial charge in [-0.1, -0.05) is 36.4 Å². The standard InChI is InChI=1S/C17H18O4/c18-15(13-21-16-9-5-2-6-10-16)11-12-20-17(19)14-7-3-1-4-8-14/h1-10,15,18H,11-13H2. The molecular weight excluding hydrogens is 268 g/mol. The van der Waals surface area contributed by atoms with Crippen molar-refractivity contribution in [1.82, 2.24) is 0 Å². The molecule has 0 aliphatic rings. The number of benzene rings is 2. The third kappa shape index (κ3) is 5.28. The first-order chi connectivity index (χ1) is 10.3. The third-order valence-electron chi connectivity index (χ3n) is 2.88. The number of esters is 1. The number of carbonyl (C=O) groups excluding carboxylic acids is 1. The molecule has 0 bridgehead atoms. The number of hydrogen-bond donors (Lipinski definition) is 1. The van der Waals surface area contributed by atoms with Gasteiger partial charge in [-0.2, -0.15) is 0 Å². The number of carbonyl (C=O) groups is 1. The maximum absolute atomic E-state index is 11.7. The molecule has 0 amide bonds. The van der Waals surface area contributed by atoms with Gasteiger partial charge in [0.1, 0.15) is 12.4 Å². The number of rotatable bonds is 7. The van der Waals surface area contributed by atoms with Crippen LogP contribution in [-0.4, -0.2) is 30.4 Å². The van der Waals surface area contributed by atoms with Crippen LogP contribution in [0.2, 0.25) is 0 Å². The molecule has 0 fully saturated rings. The molecule has 110 valence electrons. The zero-order valence-corrected chi connectivity index (χ0v) is 11.6. The Morgan fingerprint density at radius 1 is 1.00 bits per heavy atom. The van der Waals surface area contributed by atoms with Crippen molar-refractivity contribution < 1.29 is 19.4 Å². The Bertz CT molecular complexity index is 539. The average molecular weight is 286 g/mol. The van der Waals surface area contributed by atoms with Crippen LogP contribution in [0.25, 0.3) is 0 Å². The second-order valence-corrected chi connectivity index (χ2v) is 4.57. The normalized spacial score (nSPS) is 11.7. The number of aliphatic hydroxyl groups excluding tert-OH is 1. The monoisotopic (exact) mass is 286 g/mol. The van der Waals surface area contributed by atoms with Crippen molar-refractivity contribution in [2.24, 2.45) is 0 Å². The number of para-hydroxylation sites is 1. The molecule has 1 unspecified atom stereocenters. The summed E-state index contributed by atoms with van der Waals surface area (Å²) in [5, 5.41) is 9.78. The van der Waals surface area contributed by atoms with E-state index in [0.717, 1.165) is 0 Å². The SMILES string of the molecule is O=C(OCCC(O)COc1ccccc1)c1ccccc1. The van der Waals surface area contributed by atoms with E-state index in [1.807, 2.05) is 36.4 Å². The fraction of sp³-hybridized carbons (Fsp3) is 0.235. The summed E-state index contributed by atoms with van der Waals surface area (Å²) in [4.78, 5) is 11.7. The van der Waals surface area contributed by atoms with Crippen LogP contribution in [0.15, 0.2) is 60.7 Å². The minimum atomic E-state index is -0.672. The third-order valence-corrected chi connectivity index (χ3v) is 2.88. The molecule has 2 aromatic carbocycles. The van der Waals surface area contributed by atoms with Crippen molar-refractivity contribution in [2.75, 3.05) is 13.2 Å². The largest absolute Gasteiger partial charge is 0.491 e. The van der Waals surface area contributed by atoms with E-state index in [4.69, 9.17) is 9.47 Å². The van der Waals surface area contributed by atoms with Crippen molar-refractivity contribution in [2.45, 2.75) is 12.5 Å². The van der Waals surface area contributed by atoms with E-state index >= 15 is 0 Å². The average Bonchev–Trinajstić information content (AvgIpc) is 2.54. The number of ether oxygens (including phenoxy) is 2. The lowest BCUT2D eigenvalue weighted by molar-refractivity contribution is 0.0371. The molecule has 0 saturated carbocycles. The van der Waals surface area contributed by atoms with E-state index in [1.54, 1.807) is 24.3 Å². The molecule has 1 atom stereocenters. The summed E-state index contributed by atoms with van der Waals surface area (Å²) in [6.45, 7) is 0.333. The van der Waals surface area contributed by atoms with Gasteiger partial charge in [0.2, 0.25) is 0 Å². The predicted molar refractivity (Wildman–Crippen MR) is 79.3 cm³/mol. The quantitative estimate of drug-likeness (QED) is 0.795. The van der Waals surface area contributed by atoms with Gasteiger partial charge in [-0.05, 0) is 24.3 Å². The summed E-state index contributed by atoms with van der Waals surface area (Å²) < 4.78 is 10.5. The maximum atomic E-state index is 11.7. The molecular formula is C17H18O4. The lowest BCUT2D eigenvalue weighted by Gasteiger charge is -2.12. The van der Waals surface area contributed by atoms with Gasteiger partial charge in [0.05, 0.1) is 18.3 Å². The highest BCUT2D eigenvalue weighted by atomic mass is 16.5. The Kier molecular flexibility index (Phi) is 5.79. The summed E-state index contributed by atoms with van der Waals surface area (Å²) in [5.41, 5.74) is 0.507. The minimum absolute atomic E-state index is 0.160. The molecule has 0 radical (unpaired) electrons. The summed E-state index contributed by atoms with van der Waals surface area (Å²) in [5.74, 6) is 0.324. The van der Waals surface area contributed by atoms with E-state index in [-0.39, 0.29) is 19.2 Å². The van der Waals surface area contributed by atoms with Gasteiger partial charge >= 0.3 is 5.97 Å². The topological polar surface area (TPSA) is 55.8 Å². The van der Waals surface area contributed by atoms with Gasteiger partial charge in [0.25, 0.3) is 0 Å². The van der Waals surface area contributed by atoms with E-state index in [1.165, 1.54) is 0 Å². The Morgan fingerprint density at radius 3 is 2.29 bits per heavy atom. The Hall–Kier alpha value is -2.33. The van der Waals surface area contributed by atoms with Crippen molar-refractivity contribution in [3.63, 3.8) is 0 Å². The van der Waals surface area contributed by atoms with Crippen LogP contribution in [0.5, 0.6) is 5.75 Å². The van der Waals surface area contributed by atoms with Crippen LogP contribution in [-0.2, 0) is 4.74 Å². The Labute approximate surface area is 123 Å². The van der Waals surface area contributed by atoms with Gasteiger partial charge in [0, 0.05) is 6.42 Å². The van der Waals surface area contributed by atoms with Crippen molar-refractivity contribution in [3.05, 3.63) is 66.2 Å². The fourth-order valence-electron chi connectivity index (χ4n) is 1.74. The molecule has 0 aliphatic carbocycles. The molecule has 0 spiro atoms. The second-order valence-electron chi connectivity index (χ2n) is 4.57. The molecule has 0 aromatic heterocycles. The lowest BCUT2D eigenvalue weighted by atomic mass is 10.2. The van der Waals surface area contributed by atoms with Crippen molar-refractivity contribution in [3.8, 4) is 5.75 Å². The first-order valence-electron chi connectivity index (χ1n) is 6.84. The molecule has 21 heavy (non-hydrogen) atoms. The highest BCUT2D eigenvalue weighted by Crippen LogP contribution is 2.09. The lowest BCUT2D eigenvalue weighted by Crippen LogP contribution is -2.20. The first kappa shape index (κ1) is 15.1. The van der Waals surface area contributed by atoms with Gasteiger partial charge in [0.15, 0.2) is 0 Å². The smallest absolute Gasteiger partial charge is 0.338 e. The summed E-state index contributed by atoms with van der Waals surface area (Å²) >= 11 is 0. The zero-order valence-electron chi connectivity index (χ0n) is 11.6. The van der Waals surface area contributed by atoms with E-state index < -0.39 is 6.10 Å². The van der Waals surface area contributed by atoms with E-state index in [2.05, 4.69) is 0 Å². The number of hydrogen-bond acceptors (Lipinski definition) is 4. The molecule has 2 rings (SSSR count). The second kappa shape index (κ2) is 8.07. The van der Waals surface area contributed by atoms with Crippen LogP contribution in [0.1, 0.15) is 16.8 Å². The molecule has 0 heterocycles. The fourth-order valence-corrected chi connectivity index (χ4v) is 1.74. The van der Waals surface area contributed by atoms with E-state index in [9.17, 15) is 9.90 Å². The Balaban J connectivity index is 1.65. The molecule has 0 aliphatic heterocycles. The predicted octanol–water partition coefficient (Wildman–Crippen LogP) is 2.67. The summed E-state index contributed by atoms with van der Waals surface area (Å²) in [7, 11) is 0. The summed E-state index contributed by atoms with van der Waals surface area (Å²) in [6, 6.07) is 18.0. The molecule has 1 N–H and O–H groups in total. The van der Waals surface area contributed by atoms with Crippen LogP contribution < -0.4 is 4.74 Å². The molecule has 0 saturated heterocycles. The van der Waals surface area contributed by atoms with Gasteiger partial charge in [-0.25, -0.2) is 4.79 Å². The van der Waals surface area contributed by atoms with Gasteiger partial charge in [-0.15, -0.1) is 0 Å². The highest BCUT2D eigenvalue weighted by Gasteiger charge is 2.09. The number of aliphatic hydroxyl groups is 1. The Morgan fingerprint density at radius 2 is 1.62 bits per heavy atom. The van der Waals surface area contributed by atoms with E-state index in [0.29, 0.717) is 17.7 Å². The van der Waals surface area contributed by atoms with Crippen LogP contribution in [0.3, 0.4) is 0 Å². The van der Waals surface area contributed by atoms with Crippen molar-refractivity contribution in [1.29, 1.82) is 0 Å². The molecule has 4 heteroatoms. The summed E-state index contributed by atoms with van der Waals surface area (Å²) in [6.07, 6.45) is -0.334.